The van der Waals surface area contributed by atoms with Crippen LogP contribution in [0.1, 0.15) is 10.4 Å². The molecule has 0 saturated carbocycles. The zero-order valence-electron chi connectivity index (χ0n) is 17.2. The number of aryl methyl sites for hydroxylation is 1. The second-order valence-electron chi connectivity index (χ2n) is 7.36. The fourth-order valence-electron chi connectivity index (χ4n) is 3.56. The number of nitrogens with one attached hydrogen (secondary N) is 1. The van der Waals surface area contributed by atoms with Crippen molar-refractivity contribution in [1.29, 1.82) is 0 Å². The lowest BCUT2D eigenvalue weighted by atomic mass is 10.2. The van der Waals surface area contributed by atoms with E-state index in [0.717, 1.165) is 11.8 Å². The zero-order chi connectivity index (χ0) is 22.9. The van der Waals surface area contributed by atoms with Crippen LogP contribution in [0, 0.1) is 5.82 Å². The fourth-order valence-corrected chi connectivity index (χ4v) is 5.29. The molecule has 1 amide bonds. The summed E-state index contributed by atoms with van der Waals surface area (Å²) >= 11 is 6.06. The number of benzene rings is 2. The summed E-state index contributed by atoms with van der Waals surface area (Å²) in [6.45, 7) is 1.40. The number of carbonyl (C=O) groups excluding carboxylic acids is 1. The number of halogens is 2. The van der Waals surface area contributed by atoms with Gasteiger partial charge < -0.3 is 10.2 Å². The number of amides is 1. The lowest BCUT2D eigenvalue weighted by molar-refractivity contribution is 0.102. The summed E-state index contributed by atoms with van der Waals surface area (Å²) in [6.07, 6.45) is 1.34. The Morgan fingerprint density at radius 2 is 1.81 bits per heavy atom. The molecular weight excluding hydrogens is 457 g/mol. The van der Waals surface area contributed by atoms with Crippen LogP contribution in [0.4, 0.5) is 15.8 Å². The normalized spacial score (nSPS) is 15.0. The number of carbonyl (C=O) groups is 1. The molecule has 168 valence electrons. The first kappa shape index (κ1) is 22.3. The smallest absolute Gasteiger partial charge is 0.263 e. The van der Waals surface area contributed by atoms with Gasteiger partial charge in [-0.2, -0.15) is 9.40 Å². The van der Waals surface area contributed by atoms with E-state index >= 15 is 0 Å². The molecule has 0 atom stereocenters. The number of rotatable bonds is 5. The molecule has 0 aliphatic carbocycles. The Balaban J connectivity index is 1.53. The van der Waals surface area contributed by atoms with Crippen LogP contribution in [0.2, 0.25) is 5.02 Å². The largest absolute Gasteiger partial charge is 0.369 e. The molecule has 1 N–H and O–H groups in total. The van der Waals surface area contributed by atoms with Crippen molar-refractivity contribution >= 4 is 38.9 Å². The van der Waals surface area contributed by atoms with Crippen LogP contribution >= 0.6 is 11.6 Å². The van der Waals surface area contributed by atoms with Gasteiger partial charge in [0.1, 0.15) is 5.82 Å². The average molecular weight is 478 g/mol. The van der Waals surface area contributed by atoms with Crippen molar-refractivity contribution in [2.24, 2.45) is 7.05 Å². The van der Waals surface area contributed by atoms with Gasteiger partial charge in [0.25, 0.3) is 15.9 Å². The lowest BCUT2D eigenvalue weighted by Gasteiger charge is -2.35. The highest BCUT2D eigenvalue weighted by Crippen LogP contribution is 2.25. The summed E-state index contributed by atoms with van der Waals surface area (Å²) in [6, 6.07) is 12.7. The van der Waals surface area contributed by atoms with Crippen LogP contribution in [-0.2, 0) is 17.1 Å². The van der Waals surface area contributed by atoms with Crippen molar-refractivity contribution < 1.29 is 17.6 Å². The molecule has 32 heavy (non-hydrogen) atoms. The molecule has 1 fully saturated rings. The second kappa shape index (κ2) is 8.89. The third-order valence-corrected chi connectivity index (χ3v) is 7.19. The topological polar surface area (TPSA) is 87.5 Å². The molecule has 0 spiro atoms. The minimum Gasteiger partial charge on any atom is -0.369 e. The molecular formula is C21H21ClFN5O3S. The van der Waals surface area contributed by atoms with E-state index in [1.54, 1.807) is 6.07 Å². The number of aromatic nitrogens is 2. The number of nitrogens with zero attached hydrogens (tertiary/aromatic N) is 4. The van der Waals surface area contributed by atoms with Crippen LogP contribution in [-0.4, -0.2) is 54.6 Å². The van der Waals surface area contributed by atoms with E-state index in [1.165, 1.54) is 40.4 Å². The lowest BCUT2D eigenvalue weighted by Crippen LogP contribution is -2.49. The van der Waals surface area contributed by atoms with Gasteiger partial charge in [-0.05, 0) is 36.4 Å². The number of anilines is 2. The highest BCUT2D eigenvalue weighted by atomic mass is 35.5. The van der Waals surface area contributed by atoms with Crippen LogP contribution in [0.15, 0.2) is 59.8 Å². The van der Waals surface area contributed by atoms with Crippen molar-refractivity contribution in [2.75, 3.05) is 36.4 Å². The highest BCUT2D eigenvalue weighted by Gasteiger charge is 2.34. The SMILES string of the molecule is Cn1cc(C(=O)Nc2cccc(F)c2)c(S(=O)(=O)N2CCN(c3cccc(Cl)c3)CC2)n1. The van der Waals surface area contributed by atoms with Crippen molar-refractivity contribution in [3.63, 3.8) is 0 Å². The van der Waals surface area contributed by atoms with E-state index in [0.29, 0.717) is 18.1 Å². The Morgan fingerprint density at radius 3 is 2.50 bits per heavy atom. The monoisotopic (exact) mass is 477 g/mol. The van der Waals surface area contributed by atoms with Gasteiger partial charge in [0, 0.05) is 55.8 Å². The third kappa shape index (κ3) is 4.62. The van der Waals surface area contributed by atoms with Gasteiger partial charge >= 0.3 is 0 Å². The van der Waals surface area contributed by atoms with Crippen LogP contribution in [0.25, 0.3) is 0 Å². The molecule has 0 bridgehead atoms. The first-order valence-corrected chi connectivity index (χ1v) is 11.7. The van der Waals surface area contributed by atoms with Gasteiger partial charge in [-0.25, -0.2) is 12.8 Å². The van der Waals surface area contributed by atoms with Crippen LogP contribution in [0.5, 0.6) is 0 Å². The highest BCUT2D eigenvalue weighted by molar-refractivity contribution is 7.89. The molecule has 0 radical (unpaired) electrons. The molecule has 0 unspecified atom stereocenters. The van der Waals surface area contributed by atoms with Gasteiger partial charge in [0.05, 0.1) is 5.56 Å². The summed E-state index contributed by atoms with van der Waals surface area (Å²) < 4.78 is 42.6. The van der Waals surface area contributed by atoms with Gasteiger partial charge in [-0.1, -0.05) is 23.7 Å². The van der Waals surface area contributed by atoms with E-state index in [4.69, 9.17) is 11.6 Å². The van der Waals surface area contributed by atoms with Crippen molar-refractivity contribution in [1.82, 2.24) is 14.1 Å². The minimum absolute atomic E-state index is 0.103. The summed E-state index contributed by atoms with van der Waals surface area (Å²) in [5.41, 5.74) is 1.04. The van der Waals surface area contributed by atoms with Crippen LogP contribution in [0.3, 0.4) is 0 Å². The van der Waals surface area contributed by atoms with E-state index in [-0.39, 0.29) is 29.4 Å². The van der Waals surface area contributed by atoms with Gasteiger partial charge in [0.15, 0.2) is 0 Å². The molecule has 1 aliphatic heterocycles. The predicted molar refractivity (Wildman–Crippen MR) is 120 cm³/mol. The maximum atomic E-state index is 13.4. The maximum absolute atomic E-state index is 13.4. The number of sulfonamides is 1. The molecule has 11 heteroatoms. The molecule has 2 aromatic carbocycles. The van der Waals surface area contributed by atoms with Crippen LogP contribution < -0.4 is 10.2 Å². The Labute approximate surface area is 190 Å². The second-order valence-corrected chi connectivity index (χ2v) is 9.65. The summed E-state index contributed by atoms with van der Waals surface area (Å²) in [7, 11) is -2.48. The molecule has 4 rings (SSSR count). The Morgan fingerprint density at radius 1 is 1.09 bits per heavy atom. The molecule has 1 saturated heterocycles. The van der Waals surface area contributed by atoms with E-state index in [2.05, 4.69) is 10.4 Å². The molecule has 3 aromatic rings. The van der Waals surface area contributed by atoms with Crippen molar-refractivity contribution in [2.45, 2.75) is 5.03 Å². The zero-order valence-corrected chi connectivity index (χ0v) is 18.8. The van der Waals surface area contributed by atoms with Crippen molar-refractivity contribution in [3.8, 4) is 0 Å². The number of hydrogen-bond acceptors (Lipinski definition) is 5. The predicted octanol–water partition coefficient (Wildman–Crippen LogP) is 2.98. The van der Waals surface area contributed by atoms with E-state index < -0.39 is 21.7 Å². The Bertz CT molecular complexity index is 1260. The van der Waals surface area contributed by atoms with E-state index in [1.807, 2.05) is 23.1 Å². The summed E-state index contributed by atoms with van der Waals surface area (Å²) in [5.74, 6) is -1.20. The van der Waals surface area contributed by atoms with Crippen molar-refractivity contribution in [3.05, 3.63) is 71.1 Å². The first-order valence-electron chi connectivity index (χ1n) is 9.85. The van der Waals surface area contributed by atoms with Gasteiger partial charge in [0.2, 0.25) is 5.03 Å². The standard InChI is InChI=1S/C21H21ClFN5O3S/c1-26-14-19(20(29)24-17-6-3-5-16(23)13-17)21(25-26)32(30,31)28-10-8-27(9-11-28)18-7-2-4-15(22)12-18/h2-7,12-14H,8-11H2,1H3,(H,24,29). The van der Waals surface area contributed by atoms with E-state index in [9.17, 15) is 17.6 Å². The van der Waals surface area contributed by atoms with Gasteiger partial charge in [-0.3, -0.25) is 9.48 Å². The fraction of sp³-hybridized carbons (Fsp3) is 0.238. The molecule has 1 aromatic heterocycles. The van der Waals surface area contributed by atoms with Gasteiger partial charge in [-0.15, -0.1) is 0 Å². The summed E-state index contributed by atoms with van der Waals surface area (Å²) in [4.78, 5) is 14.8. The third-order valence-electron chi connectivity index (χ3n) is 5.12. The Hall–Kier alpha value is -2.95. The average Bonchev–Trinajstić information content (AvgIpc) is 3.17. The molecule has 2 heterocycles. The number of piperazine rings is 1. The Kier molecular flexibility index (Phi) is 6.18. The minimum atomic E-state index is -4.02. The molecule has 8 nitrogen and oxygen atoms in total. The molecule has 1 aliphatic rings. The number of hydrogen-bond donors (Lipinski definition) is 1. The summed E-state index contributed by atoms with van der Waals surface area (Å²) in [5, 5.41) is 6.86. The first-order chi connectivity index (χ1) is 15.2. The maximum Gasteiger partial charge on any atom is 0.263 e. The quantitative estimate of drug-likeness (QED) is 0.610.